The Morgan fingerprint density at radius 1 is 1.75 bits per heavy atom. The molecule has 1 saturated heterocycles. The number of hydrogen-bond donors (Lipinski definition) is 1. The van der Waals surface area contributed by atoms with Gasteiger partial charge in [-0.1, -0.05) is 25.6 Å². The monoisotopic (exact) mass is 189 g/mol. The van der Waals surface area contributed by atoms with Crippen molar-refractivity contribution >= 4 is 17.7 Å². The fraction of sp³-hybridized carbons (Fsp3) is 0.875. The maximum atomic E-state index is 11.1. The number of hydrogen-bond acceptors (Lipinski definition) is 3. The lowest BCUT2D eigenvalue weighted by atomic mass is 10.1. The van der Waals surface area contributed by atoms with Gasteiger partial charge in [0.2, 0.25) is 5.91 Å². The molecule has 0 aromatic rings. The molecule has 0 saturated carbocycles. The van der Waals surface area contributed by atoms with E-state index in [9.17, 15) is 9.90 Å². The van der Waals surface area contributed by atoms with Crippen LogP contribution < -0.4 is 0 Å². The highest BCUT2D eigenvalue weighted by Crippen LogP contribution is 2.22. The van der Waals surface area contributed by atoms with Crippen LogP contribution in [0.15, 0.2) is 0 Å². The molecule has 1 rings (SSSR count). The Morgan fingerprint density at radius 2 is 2.42 bits per heavy atom. The van der Waals surface area contributed by atoms with Crippen molar-refractivity contribution in [3.63, 3.8) is 0 Å². The Kier molecular flexibility index (Phi) is 3.40. The molecule has 0 spiro atoms. The number of carbonyl (C=O) groups excluding carboxylic acids is 1. The van der Waals surface area contributed by atoms with Crippen molar-refractivity contribution in [3.05, 3.63) is 0 Å². The van der Waals surface area contributed by atoms with Crippen LogP contribution in [0.4, 0.5) is 0 Å². The van der Waals surface area contributed by atoms with Crippen LogP contribution in [0, 0.1) is 5.92 Å². The average Bonchev–Trinajstić information content (AvgIpc) is 2.28. The van der Waals surface area contributed by atoms with Crippen molar-refractivity contribution in [2.45, 2.75) is 25.8 Å². The van der Waals surface area contributed by atoms with E-state index in [1.807, 2.05) is 0 Å². The van der Waals surface area contributed by atoms with Gasteiger partial charge in [0.25, 0.3) is 0 Å². The summed E-state index contributed by atoms with van der Waals surface area (Å²) in [4.78, 5) is 12.7. The van der Waals surface area contributed by atoms with Gasteiger partial charge in [-0.25, -0.2) is 0 Å². The number of carbonyl (C=O) groups is 1. The first kappa shape index (κ1) is 9.86. The summed E-state index contributed by atoms with van der Waals surface area (Å²) in [6.45, 7) is 4.91. The lowest BCUT2D eigenvalue weighted by Crippen LogP contribution is -2.33. The van der Waals surface area contributed by atoms with Crippen molar-refractivity contribution in [1.29, 1.82) is 0 Å². The van der Waals surface area contributed by atoms with Crippen molar-refractivity contribution in [1.82, 2.24) is 4.90 Å². The van der Waals surface area contributed by atoms with Crippen LogP contribution in [0.25, 0.3) is 0 Å². The van der Waals surface area contributed by atoms with Gasteiger partial charge in [0.05, 0.1) is 5.75 Å². The second-order valence-corrected chi connectivity index (χ2v) is 4.45. The van der Waals surface area contributed by atoms with Crippen molar-refractivity contribution in [2.75, 3.05) is 12.3 Å². The zero-order valence-electron chi connectivity index (χ0n) is 7.49. The number of rotatable bonds is 3. The number of thioether (sulfide) groups is 1. The summed E-state index contributed by atoms with van der Waals surface area (Å²) in [6, 6.07) is 0. The minimum Gasteiger partial charge on any atom is -0.364 e. The van der Waals surface area contributed by atoms with E-state index >= 15 is 0 Å². The molecule has 1 aliphatic heterocycles. The quantitative estimate of drug-likeness (QED) is 0.716. The minimum atomic E-state index is -0.601. The Morgan fingerprint density at radius 3 is 2.83 bits per heavy atom. The van der Waals surface area contributed by atoms with Crippen molar-refractivity contribution in [3.8, 4) is 0 Å². The van der Waals surface area contributed by atoms with E-state index in [1.165, 1.54) is 11.8 Å². The van der Waals surface area contributed by atoms with Gasteiger partial charge in [-0.05, 0) is 12.3 Å². The lowest BCUT2D eigenvalue weighted by Gasteiger charge is -2.20. The summed E-state index contributed by atoms with van der Waals surface area (Å²) in [7, 11) is 0. The molecular weight excluding hydrogens is 174 g/mol. The van der Waals surface area contributed by atoms with Gasteiger partial charge in [-0.15, -0.1) is 0 Å². The molecule has 1 amide bonds. The number of nitrogens with zero attached hydrogens (tertiary/aromatic N) is 1. The third-order valence-corrected chi connectivity index (χ3v) is 2.86. The van der Waals surface area contributed by atoms with Crippen LogP contribution in [-0.2, 0) is 4.79 Å². The second-order valence-electron chi connectivity index (χ2n) is 3.41. The van der Waals surface area contributed by atoms with Gasteiger partial charge in [0.1, 0.15) is 0 Å². The van der Waals surface area contributed by atoms with Crippen molar-refractivity contribution in [2.24, 2.45) is 5.92 Å². The SMILES string of the molecule is CC(C)CCN1C(=O)CSC1O. The molecule has 1 heterocycles. The second kappa shape index (κ2) is 4.14. The van der Waals surface area contributed by atoms with E-state index in [-0.39, 0.29) is 5.91 Å². The summed E-state index contributed by atoms with van der Waals surface area (Å²) < 4.78 is 0. The first-order chi connectivity index (χ1) is 5.61. The molecular formula is C8H15NO2S. The first-order valence-corrected chi connectivity index (χ1v) is 5.25. The number of amides is 1. The third kappa shape index (κ3) is 2.38. The van der Waals surface area contributed by atoms with E-state index in [1.54, 1.807) is 4.90 Å². The molecule has 0 aliphatic carbocycles. The van der Waals surface area contributed by atoms with E-state index in [0.29, 0.717) is 18.2 Å². The van der Waals surface area contributed by atoms with E-state index in [0.717, 1.165) is 6.42 Å². The summed E-state index contributed by atoms with van der Waals surface area (Å²) in [5, 5.41) is 9.34. The van der Waals surface area contributed by atoms with Crippen molar-refractivity contribution < 1.29 is 9.90 Å². The molecule has 0 bridgehead atoms. The maximum Gasteiger partial charge on any atom is 0.235 e. The van der Waals surface area contributed by atoms with E-state index in [4.69, 9.17) is 0 Å². The molecule has 12 heavy (non-hydrogen) atoms. The molecule has 70 valence electrons. The van der Waals surface area contributed by atoms with Crippen LogP contribution in [0.2, 0.25) is 0 Å². The number of aliphatic hydroxyl groups is 1. The molecule has 1 aliphatic rings. The largest absolute Gasteiger partial charge is 0.364 e. The standard InChI is InChI=1S/C8H15NO2S/c1-6(2)3-4-9-7(10)5-12-8(9)11/h6,8,11H,3-5H2,1-2H3. The zero-order valence-corrected chi connectivity index (χ0v) is 8.30. The van der Waals surface area contributed by atoms with Gasteiger partial charge >= 0.3 is 0 Å². The third-order valence-electron chi connectivity index (χ3n) is 1.89. The molecule has 1 N–H and O–H groups in total. The summed E-state index contributed by atoms with van der Waals surface area (Å²) >= 11 is 1.30. The van der Waals surface area contributed by atoms with Crippen LogP contribution in [0.1, 0.15) is 20.3 Å². The first-order valence-electron chi connectivity index (χ1n) is 4.20. The molecule has 0 aromatic carbocycles. The minimum absolute atomic E-state index is 0.0631. The van der Waals surface area contributed by atoms with Crippen LogP contribution in [-0.4, -0.2) is 33.8 Å². The predicted octanol–water partition coefficient (Wildman–Crippen LogP) is 0.884. The van der Waals surface area contributed by atoms with Gasteiger partial charge in [-0.2, -0.15) is 0 Å². The predicted molar refractivity (Wildman–Crippen MR) is 49.6 cm³/mol. The smallest absolute Gasteiger partial charge is 0.235 e. The Hall–Kier alpha value is -0.220. The number of aliphatic hydroxyl groups excluding tert-OH is 1. The fourth-order valence-corrected chi connectivity index (χ4v) is 1.93. The topological polar surface area (TPSA) is 40.5 Å². The Balaban J connectivity index is 2.34. The van der Waals surface area contributed by atoms with E-state index in [2.05, 4.69) is 13.8 Å². The molecule has 1 atom stereocenters. The average molecular weight is 189 g/mol. The van der Waals surface area contributed by atoms with E-state index < -0.39 is 5.56 Å². The molecule has 4 heteroatoms. The zero-order chi connectivity index (χ0) is 9.14. The maximum absolute atomic E-state index is 11.1. The molecule has 0 aromatic heterocycles. The Bertz CT molecular complexity index is 172. The van der Waals surface area contributed by atoms with Gasteiger partial charge in [0, 0.05) is 6.54 Å². The van der Waals surface area contributed by atoms with Crippen LogP contribution in [0.3, 0.4) is 0 Å². The van der Waals surface area contributed by atoms with Crippen LogP contribution >= 0.6 is 11.8 Å². The van der Waals surface area contributed by atoms with Gasteiger partial charge < -0.3 is 10.0 Å². The van der Waals surface area contributed by atoms with Gasteiger partial charge in [0.15, 0.2) is 5.56 Å². The van der Waals surface area contributed by atoms with Gasteiger partial charge in [-0.3, -0.25) is 4.79 Å². The molecule has 1 unspecified atom stereocenters. The summed E-state index contributed by atoms with van der Waals surface area (Å²) in [5.74, 6) is 1.07. The highest BCUT2D eigenvalue weighted by Gasteiger charge is 2.29. The molecule has 0 radical (unpaired) electrons. The highest BCUT2D eigenvalue weighted by atomic mass is 32.2. The molecule has 3 nitrogen and oxygen atoms in total. The summed E-state index contributed by atoms with van der Waals surface area (Å²) in [6.07, 6.45) is 0.962. The molecule has 1 fully saturated rings. The van der Waals surface area contributed by atoms with Crippen LogP contribution in [0.5, 0.6) is 0 Å². The normalized spacial score (nSPS) is 24.2. The highest BCUT2D eigenvalue weighted by molar-refractivity contribution is 8.00. The Labute approximate surface area is 77.1 Å². The lowest BCUT2D eigenvalue weighted by molar-refractivity contribution is -0.131. The fourth-order valence-electron chi connectivity index (χ4n) is 1.07. The summed E-state index contributed by atoms with van der Waals surface area (Å²) in [5.41, 5.74) is -0.601.